The van der Waals surface area contributed by atoms with Gasteiger partial charge in [0.05, 0.1) is 19.3 Å². The molecule has 6 heteroatoms. The number of aliphatic hydroxyl groups excluding tert-OH is 2. The van der Waals surface area contributed by atoms with Gasteiger partial charge in [-0.05, 0) is 54.8 Å². The van der Waals surface area contributed by atoms with Crippen molar-refractivity contribution in [2.75, 3.05) is 13.2 Å². The van der Waals surface area contributed by atoms with Crippen LogP contribution in [0, 0.1) is 11.3 Å². The van der Waals surface area contributed by atoms with Crippen molar-refractivity contribution >= 4 is 11.7 Å². The maximum absolute atomic E-state index is 13.3. The van der Waals surface area contributed by atoms with Gasteiger partial charge in [-0.15, -0.1) is 0 Å². The molecular formula is C25H36N2O4. The van der Waals surface area contributed by atoms with E-state index in [1.165, 1.54) is 5.56 Å². The van der Waals surface area contributed by atoms with E-state index >= 15 is 0 Å². The fourth-order valence-electron chi connectivity index (χ4n) is 6.46. The maximum atomic E-state index is 13.3. The van der Waals surface area contributed by atoms with E-state index in [0.29, 0.717) is 25.2 Å². The van der Waals surface area contributed by atoms with Crippen molar-refractivity contribution in [1.29, 1.82) is 0 Å². The summed E-state index contributed by atoms with van der Waals surface area (Å²) in [4.78, 5) is 25.9. The number of nitrogens with one attached hydrogen (secondary N) is 2. The number of benzene rings is 1. The molecule has 0 radical (unpaired) electrons. The number of ketones is 1. The van der Waals surface area contributed by atoms with Crippen LogP contribution in [0.1, 0.15) is 69.1 Å². The molecule has 1 aromatic rings. The molecule has 1 saturated carbocycles. The highest BCUT2D eigenvalue weighted by molar-refractivity contribution is 5.91. The highest BCUT2D eigenvalue weighted by atomic mass is 16.3. The van der Waals surface area contributed by atoms with Crippen LogP contribution in [0.2, 0.25) is 0 Å². The van der Waals surface area contributed by atoms with E-state index in [9.17, 15) is 19.8 Å². The summed E-state index contributed by atoms with van der Waals surface area (Å²) < 4.78 is 0. The van der Waals surface area contributed by atoms with Crippen molar-refractivity contribution < 1.29 is 19.8 Å². The Morgan fingerprint density at radius 3 is 2.84 bits per heavy atom. The smallest absolute Gasteiger partial charge is 0.220 e. The third-order valence-electron chi connectivity index (χ3n) is 8.09. The van der Waals surface area contributed by atoms with Gasteiger partial charge >= 0.3 is 0 Å². The second kappa shape index (κ2) is 8.64. The number of Topliss-reactive ketones (excluding diaryl/α,β-unsaturated/α-hetero) is 1. The summed E-state index contributed by atoms with van der Waals surface area (Å²) >= 11 is 0. The molecule has 1 aliphatic heterocycles. The zero-order valence-electron chi connectivity index (χ0n) is 18.7. The highest BCUT2D eigenvalue weighted by Crippen LogP contribution is 2.60. The summed E-state index contributed by atoms with van der Waals surface area (Å²) in [6, 6.07) is 5.57. The van der Waals surface area contributed by atoms with Crippen molar-refractivity contribution in [3.05, 3.63) is 34.9 Å². The summed E-state index contributed by atoms with van der Waals surface area (Å²) in [5.41, 5.74) is 2.19. The Morgan fingerprint density at radius 2 is 2.13 bits per heavy atom. The topological polar surface area (TPSA) is 98.7 Å². The SMILES string of the molecule is CC(C)CCCC(=O)N[C@H]1C[C@@]2(CO)[C@H]3Cc4ccc(CO)cc4[C@@]2(CCN3)CC1=O. The summed E-state index contributed by atoms with van der Waals surface area (Å²) in [6.07, 6.45) is 4.58. The van der Waals surface area contributed by atoms with Crippen molar-refractivity contribution in [2.24, 2.45) is 11.3 Å². The molecule has 1 aromatic carbocycles. The molecule has 4 atom stereocenters. The maximum Gasteiger partial charge on any atom is 0.220 e. The summed E-state index contributed by atoms with van der Waals surface area (Å²) in [7, 11) is 0. The molecule has 1 amide bonds. The lowest BCUT2D eigenvalue weighted by Gasteiger charge is -2.64. The first-order chi connectivity index (χ1) is 14.8. The van der Waals surface area contributed by atoms with Gasteiger partial charge in [-0.25, -0.2) is 0 Å². The first kappa shape index (κ1) is 22.4. The van der Waals surface area contributed by atoms with Gasteiger partial charge in [0.2, 0.25) is 5.91 Å². The normalized spacial score (nSPS) is 31.8. The summed E-state index contributed by atoms with van der Waals surface area (Å²) in [5, 5.41) is 27.1. The molecule has 2 aliphatic carbocycles. The Kier molecular flexibility index (Phi) is 6.25. The lowest BCUT2D eigenvalue weighted by atomic mass is 9.43. The predicted octanol–water partition coefficient (Wildman–Crippen LogP) is 1.99. The number of carbonyl (C=O) groups excluding carboxylic acids is 2. The Hall–Kier alpha value is -1.76. The van der Waals surface area contributed by atoms with Crippen LogP contribution in [0.3, 0.4) is 0 Å². The first-order valence-electron chi connectivity index (χ1n) is 11.7. The second-order valence-corrected chi connectivity index (χ2v) is 10.3. The van der Waals surface area contributed by atoms with Crippen LogP contribution in [0.4, 0.5) is 0 Å². The largest absolute Gasteiger partial charge is 0.396 e. The molecule has 170 valence electrons. The van der Waals surface area contributed by atoms with Gasteiger partial charge in [0.1, 0.15) is 0 Å². The Bertz CT molecular complexity index is 854. The number of piperidine rings is 1. The van der Waals surface area contributed by atoms with E-state index < -0.39 is 16.9 Å². The van der Waals surface area contributed by atoms with E-state index in [0.717, 1.165) is 43.4 Å². The molecule has 3 aliphatic rings. The molecule has 0 aromatic heterocycles. The number of hydrogen-bond donors (Lipinski definition) is 4. The minimum atomic E-state index is -0.545. The van der Waals surface area contributed by atoms with Crippen LogP contribution in [-0.4, -0.2) is 47.1 Å². The van der Waals surface area contributed by atoms with Crippen molar-refractivity contribution in [2.45, 2.75) is 82.9 Å². The Balaban J connectivity index is 1.63. The van der Waals surface area contributed by atoms with Crippen LogP contribution in [0.15, 0.2) is 18.2 Å². The number of rotatable bonds is 7. The summed E-state index contributed by atoms with van der Waals surface area (Å²) in [6.45, 7) is 5.01. The fourth-order valence-corrected chi connectivity index (χ4v) is 6.46. The second-order valence-electron chi connectivity index (χ2n) is 10.3. The molecule has 1 heterocycles. The van der Waals surface area contributed by atoms with Crippen molar-refractivity contribution in [1.82, 2.24) is 10.6 Å². The summed E-state index contributed by atoms with van der Waals surface area (Å²) in [5.74, 6) is 0.544. The standard InChI is InChI=1S/C25H36N2O4/c1-16(2)4-3-5-23(31)27-20-12-25(15-29)22-11-18-7-6-17(14-28)10-19(18)24(25,8-9-26-22)13-21(20)30/h6-7,10,16,20,22,26,28-29H,3-5,8-9,11-15H2,1-2H3,(H,27,31)/t20-,22+,24+,25+/m0/s1. The monoisotopic (exact) mass is 428 g/mol. The molecule has 1 saturated heterocycles. The van der Waals surface area contributed by atoms with Gasteiger partial charge in [0.15, 0.2) is 5.78 Å². The van der Waals surface area contributed by atoms with Crippen molar-refractivity contribution in [3.63, 3.8) is 0 Å². The van der Waals surface area contributed by atoms with Gasteiger partial charge in [0.25, 0.3) is 0 Å². The molecule has 6 nitrogen and oxygen atoms in total. The van der Waals surface area contributed by atoms with Crippen LogP contribution in [0.5, 0.6) is 0 Å². The van der Waals surface area contributed by atoms with Gasteiger partial charge in [-0.2, -0.15) is 0 Å². The molecular weight excluding hydrogens is 392 g/mol. The molecule has 0 unspecified atom stereocenters. The zero-order valence-corrected chi connectivity index (χ0v) is 18.7. The third kappa shape index (κ3) is 3.73. The molecule has 2 bridgehead atoms. The Morgan fingerprint density at radius 1 is 1.32 bits per heavy atom. The fraction of sp³-hybridized carbons (Fsp3) is 0.680. The van der Waals surface area contributed by atoms with Gasteiger partial charge in [-0.3, -0.25) is 9.59 Å². The molecule has 4 N–H and O–H groups in total. The Labute approximate surface area is 184 Å². The minimum Gasteiger partial charge on any atom is -0.396 e. The molecule has 0 spiro atoms. The van der Waals surface area contributed by atoms with E-state index in [2.05, 4.69) is 30.5 Å². The van der Waals surface area contributed by atoms with Gasteiger partial charge < -0.3 is 20.8 Å². The van der Waals surface area contributed by atoms with Gasteiger partial charge in [0, 0.05) is 29.7 Å². The minimum absolute atomic E-state index is 0.0273. The van der Waals surface area contributed by atoms with E-state index in [4.69, 9.17) is 0 Å². The zero-order chi connectivity index (χ0) is 22.2. The number of aliphatic hydroxyl groups is 2. The van der Waals surface area contributed by atoms with Crippen LogP contribution < -0.4 is 10.6 Å². The van der Waals surface area contributed by atoms with Crippen LogP contribution in [-0.2, 0) is 28.0 Å². The van der Waals surface area contributed by atoms with Crippen LogP contribution >= 0.6 is 0 Å². The molecule has 31 heavy (non-hydrogen) atoms. The average Bonchev–Trinajstić information content (AvgIpc) is 2.73. The lowest BCUT2D eigenvalue weighted by Crippen LogP contribution is -2.72. The molecule has 4 rings (SSSR count). The average molecular weight is 429 g/mol. The quantitative estimate of drug-likeness (QED) is 0.532. The molecule has 2 fully saturated rings. The lowest BCUT2D eigenvalue weighted by molar-refractivity contribution is -0.142. The third-order valence-corrected chi connectivity index (χ3v) is 8.09. The van der Waals surface area contributed by atoms with E-state index in [1.54, 1.807) is 0 Å². The van der Waals surface area contributed by atoms with Gasteiger partial charge in [-0.1, -0.05) is 38.5 Å². The number of carbonyl (C=O) groups is 2. The number of fused-ring (bicyclic) bond motifs is 1. The van der Waals surface area contributed by atoms with E-state index in [-0.39, 0.29) is 30.9 Å². The predicted molar refractivity (Wildman–Crippen MR) is 119 cm³/mol. The highest BCUT2D eigenvalue weighted by Gasteiger charge is 2.65. The van der Waals surface area contributed by atoms with Crippen molar-refractivity contribution in [3.8, 4) is 0 Å². The van der Waals surface area contributed by atoms with Crippen LogP contribution in [0.25, 0.3) is 0 Å². The van der Waals surface area contributed by atoms with E-state index in [1.807, 2.05) is 12.1 Å². The number of amides is 1. The first-order valence-corrected chi connectivity index (χ1v) is 11.7. The number of hydrogen-bond acceptors (Lipinski definition) is 5.